The molecule has 0 aromatic heterocycles. The fraction of sp³-hybridized carbons (Fsp3) is 0.243. The number of hydrogen-bond donors (Lipinski definition) is 0. The fourth-order valence-electron chi connectivity index (χ4n) is 5.44. The van der Waals surface area contributed by atoms with E-state index in [1.165, 1.54) is 33.4 Å². The first-order chi connectivity index (χ1) is 18.1. The van der Waals surface area contributed by atoms with Gasteiger partial charge in [-0.05, 0) is 88.8 Å². The maximum Gasteiger partial charge on any atom is 0.0627 e. The predicted octanol–water partition coefficient (Wildman–Crippen LogP) is 8.06. The molecule has 2 aliphatic carbocycles. The van der Waals surface area contributed by atoms with E-state index >= 15 is 0 Å². The molecule has 0 saturated heterocycles. The first-order valence-corrected chi connectivity index (χ1v) is 12.9. The van der Waals surface area contributed by atoms with Crippen LogP contribution in [0.5, 0.6) is 0 Å². The van der Waals surface area contributed by atoms with Gasteiger partial charge in [-0.15, -0.1) is 23.7 Å². The van der Waals surface area contributed by atoms with Gasteiger partial charge in [-0.3, -0.25) is 0 Å². The molecular formula is C37H32. The molecule has 4 rings (SSSR count). The zero-order valence-electron chi connectivity index (χ0n) is 22.3. The van der Waals surface area contributed by atoms with Crippen LogP contribution in [0, 0.1) is 47.4 Å². The molecule has 0 heterocycles. The first-order valence-electron chi connectivity index (χ1n) is 12.9. The third kappa shape index (κ3) is 5.42. The van der Waals surface area contributed by atoms with Crippen molar-refractivity contribution in [1.29, 1.82) is 0 Å². The molecule has 0 heteroatoms. The van der Waals surface area contributed by atoms with Gasteiger partial charge in [-0.25, -0.2) is 0 Å². The van der Waals surface area contributed by atoms with Gasteiger partial charge in [-0.1, -0.05) is 83.4 Å². The Bertz CT molecular complexity index is 1410. The summed E-state index contributed by atoms with van der Waals surface area (Å²) >= 11 is 0. The Morgan fingerprint density at radius 3 is 1.14 bits per heavy atom. The van der Waals surface area contributed by atoms with Crippen LogP contribution < -0.4 is 0 Å². The van der Waals surface area contributed by atoms with Crippen LogP contribution in [0.4, 0.5) is 0 Å². The van der Waals surface area contributed by atoms with Crippen molar-refractivity contribution in [1.82, 2.24) is 0 Å². The third-order valence-electron chi connectivity index (χ3n) is 7.01. The predicted molar refractivity (Wildman–Crippen MR) is 156 cm³/mol. The van der Waals surface area contributed by atoms with E-state index in [-0.39, 0.29) is 5.41 Å². The summed E-state index contributed by atoms with van der Waals surface area (Å²) in [7, 11) is 0. The van der Waals surface area contributed by atoms with Gasteiger partial charge in [0.05, 0.1) is 5.41 Å². The van der Waals surface area contributed by atoms with Crippen molar-refractivity contribution in [2.24, 2.45) is 0 Å². The SMILES string of the molecule is CC#CC1=CC=C(C(C2=CC=C(C#CC)CC2)(c2ccc(C#CC)cc2)c2ccc(C#CC)cc2)CC1. The monoisotopic (exact) mass is 476 g/mol. The van der Waals surface area contributed by atoms with Gasteiger partial charge in [0.15, 0.2) is 0 Å². The topological polar surface area (TPSA) is 0 Å². The lowest BCUT2D eigenvalue weighted by Gasteiger charge is -2.42. The second-order valence-electron chi connectivity index (χ2n) is 9.17. The number of allylic oxidation sites excluding steroid dienone is 8. The molecular weight excluding hydrogens is 444 g/mol. The van der Waals surface area contributed by atoms with E-state index in [0.717, 1.165) is 36.8 Å². The number of hydrogen-bond acceptors (Lipinski definition) is 0. The zero-order chi connectivity index (χ0) is 26.1. The van der Waals surface area contributed by atoms with Crippen LogP contribution in [0.3, 0.4) is 0 Å². The van der Waals surface area contributed by atoms with Crippen LogP contribution in [0.2, 0.25) is 0 Å². The summed E-state index contributed by atoms with van der Waals surface area (Å²) in [6, 6.07) is 17.6. The molecule has 0 spiro atoms. The van der Waals surface area contributed by atoms with Gasteiger partial charge < -0.3 is 0 Å². The Morgan fingerprint density at radius 1 is 0.459 bits per heavy atom. The smallest absolute Gasteiger partial charge is 0.0627 e. The van der Waals surface area contributed by atoms with Crippen molar-refractivity contribution < 1.29 is 0 Å². The molecule has 2 aromatic carbocycles. The summed E-state index contributed by atoms with van der Waals surface area (Å²) in [5.74, 6) is 25.1. The summed E-state index contributed by atoms with van der Waals surface area (Å²) in [5, 5.41) is 0. The lowest BCUT2D eigenvalue weighted by atomic mass is 9.60. The summed E-state index contributed by atoms with van der Waals surface area (Å²) in [5.41, 5.74) is 9.37. The van der Waals surface area contributed by atoms with Gasteiger partial charge in [0.25, 0.3) is 0 Å². The summed E-state index contributed by atoms with van der Waals surface area (Å²) in [6.07, 6.45) is 12.9. The molecule has 0 atom stereocenters. The zero-order valence-corrected chi connectivity index (χ0v) is 22.3. The van der Waals surface area contributed by atoms with Crippen LogP contribution in [0.1, 0.15) is 75.6 Å². The number of rotatable bonds is 4. The van der Waals surface area contributed by atoms with E-state index in [1.54, 1.807) is 0 Å². The quantitative estimate of drug-likeness (QED) is 0.392. The molecule has 0 amide bonds. The van der Waals surface area contributed by atoms with E-state index < -0.39 is 0 Å². The lowest BCUT2D eigenvalue weighted by molar-refractivity contribution is 0.624. The van der Waals surface area contributed by atoms with E-state index in [2.05, 4.69) is 120 Å². The molecule has 37 heavy (non-hydrogen) atoms. The molecule has 0 bridgehead atoms. The normalized spacial score (nSPS) is 14.4. The standard InChI is InChI=1S/C37H32/c1-5-9-29-13-21-33(22-14-29)37(34-23-15-30(10-6-2)16-24-34,35-25-17-31(11-7-3)18-26-35)36-27-19-32(12-8-4)20-28-36/h13-17,19,21-25,27H,18,20,26,28H2,1-4H3. The van der Waals surface area contributed by atoms with E-state index in [4.69, 9.17) is 0 Å². The van der Waals surface area contributed by atoms with E-state index in [0.29, 0.717) is 0 Å². The molecule has 0 N–H and O–H groups in total. The molecule has 2 aliphatic rings. The molecule has 180 valence electrons. The van der Waals surface area contributed by atoms with Crippen molar-refractivity contribution in [2.45, 2.75) is 58.8 Å². The summed E-state index contributed by atoms with van der Waals surface area (Å²) in [6.45, 7) is 7.57. The highest BCUT2D eigenvalue weighted by molar-refractivity contribution is 5.62. The first kappa shape index (κ1) is 25.7. The van der Waals surface area contributed by atoms with Gasteiger partial charge in [0, 0.05) is 22.3 Å². The third-order valence-corrected chi connectivity index (χ3v) is 7.01. The average molecular weight is 477 g/mol. The molecule has 0 fully saturated rings. The molecule has 0 saturated carbocycles. The maximum atomic E-state index is 3.28. The highest BCUT2D eigenvalue weighted by Gasteiger charge is 2.42. The Labute approximate surface area is 223 Å². The van der Waals surface area contributed by atoms with Gasteiger partial charge in [0.1, 0.15) is 0 Å². The minimum absolute atomic E-state index is 0.389. The lowest BCUT2D eigenvalue weighted by Crippen LogP contribution is -2.34. The Balaban J connectivity index is 2.02. The van der Waals surface area contributed by atoms with Crippen molar-refractivity contribution in [3.8, 4) is 47.4 Å². The Kier molecular flexibility index (Phi) is 8.38. The summed E-state index contributed by atoms with van der Waals surface area (Å²) < 4.78 is 0. The van der Waals surface area contributed by atoms with Gasteiger partial charge in [0.2, 0.25) is 0 Å². The maximum absolute atomic E-state index is 3.28. The number of benzene rings is 2. The van der Waals surface area contributed by atoms with Crippen LogP contribution >= 0.6 is 0 Å². The summed E-state index contributed by atoms with van der Waals surface area (Å²) in [4.78, 5) is 0. The molecule has 0 nitrogen and oxygen atoms in total. The van der Waals surface area contributed by atoms with Crippen LogP contribution in [0.15, 0.2) is 95.1 Å². The molecule has 0 aliphatic heterocycles. The van der Waals surface area contributed by atoms with Crippen molar-refractivity contribution in [2.75, 3.05) is 0 Å². The van der Waals surface area contributed by atoms with Crippen LogP contribution in [-0.2, 0) is 5.41 Å². The Hall–Kier alpha value is -4.36. The minimum Gasteiger partial charge on any atom is -0.102 e. The largest absolute Gasteiger partial charge is 0.102 e. The van der Waals surface area contributed by atoms with Crippen molar-refractivity contribution in [3.63, 3.8) is 0 Å². The van der Waals surface area contributed by atoms with Crippen LogP contribution in [-0.4, -0.2) is 0 Å². The minimum atomic E-state index is -0.389. The molecule has 2 aromatic rings. The van der Waals surface area contributed by atoms with Crippen molar-refractivity contribution in [3.05, 3.63) is 117 Å². The van der Waals surface area contributed by atoms with Crippen molar-refractivity contribution >= 4 is 0 Å². The molecule has 0 unspecified atom stereocenters. The second-order valence-corrected chi connectivity index (χ2v) is 9.17. The fourth-order valence-corrected chi connectivity index (χ4v) is 5.44. The van der Waals surface area contributed by atoms with Crippen LogP contribution in [0.25, 0.3) is 0 Å². The van der Waals surface area contributed by atoms with E-state index in [1.807, 2.05) is 27.7 Å². The average Bonchev–Trinajstić information content (AvgIpc) is 2.93. The van der Waals surface area contributed by atoms with Gasteiger partial charge in [-0.2, -0.15) is 0 Å². The van der Waals surface area contributed by atoms with Gasteiger partial charge >= 0.3 is 0 Å². The van der Waals surface area contributed by atoms with E-state index in [9.17, 15) is 0 Å². The highest BCUT2D eigenvalue weighted by Crippen LogP contribution is 2.50. The highest BCUT2D eigenvalue weighted by atomic mass is 14.4. The molecule has 0 radical (unpaired) electrons. The second kappa shape index (κ2) is 12.1. The Morgan fingerprint density at radius 2 is 0.838 bits per heavy atom.